The normalized spacial score (nSPS) is 18.8. The summed E-state index contributed by atoms with van der Waals surface area (Å²) in [6, 6.07) is 11.5. The van der Waals surface area contributed by atoms with Crippen LogP contribution in [0.4, 0.5) is 0 Å². The fourth-order valence-electron chi connectivity index (χ4n) is 3.86. The summed E-state index contributed by atoms with van der Waals surface area (Å²) in [5, 5.41) is 0. The zero-order chi connectivity index (χ0) is 20.6. The Morgan fingerprint density at radius 3 is 2.83 bits per heavy atom. The molecule has 6 heteroatoms. The molecule has 1 unspecified atom stereocenters. The molecule has 1 amide bonds. The molecule has 1 aromatic carbocycles. The predicted octanol–water partition coefficient (Wildman–Crippen LogP) is 3.42. The van der Waals surface area contributed by atoms with Gasteiger partial charge in [-0.1, -0.05) is 32.0 Å². The van der Waals surface area contributed by atoms with Gasteiger partial charge in [-0.15, -0.1) is 0 Å². The minimum atomic E-state index is -0.0988. The first-order valence-corrected chi connectivity index (χ1v) is 10.0. The first-order valence-electron chi connectivity index (χ1n) is 10.0. The zero-order valence-electron chi connectivity index (χ0n) is 17.3. The number of amides is 1. The number of benzene rings is 1. The summed E-state index contributed by atoms with van der Waals surface area (Å²) in [7, 11) is 0. The minimum absolute atomic E-state index is 0.00815. The standard InChI is InChI=1S/C23H28N4O2/c1-16-8-9-21-25-17(13-27(21)12-16)14-29-19-7-5-4-6-18(19)22(28)26-11-10-20(24)23(2,3)15-26/h4-9,12-13,20H,10-11,14-15,24H2,1-3H3. The summed E-state index contributed by atoms with van der Waals surface area (Å²) in [6.45, 7) is 7.90. The topological polar surface area (TPSA) is 72.9 Å². The summed E-state index contributed by atoms with van der Waals surface area (Å²) in [5.41, 5.74) is 9.58. The molecule has 1 fully saturated rings. The lowest BCUT2D eigenvalue weighted by Gasteiger charge is -2.42. The summed E-state index contributed by atoms with van der Waals surface area (Å²) in [6.07, 6.45) is 4.80. The van der Waals surface area contributed by atoms with Crippen LogP contribution in [0.25, 0.3) is 5.65 Å². The maximum atomic E-state index is 13.2. The third kappa shape index (κ3) is 3.98. The van der Waals surface area contributed by atoms with Crippen molar-refractivity contribution < 1.29 is 9.53 Å². The molecule has 2 N–H and O–H groups in total. The van der Waals surface area contributed by atoms with Crippen LogP contribution in [-0.4, -0.2) is 39.3 Å². The van der Waals surface area contributed by atoms with Crippen molar-refractivity contribution >= 4 is 11.6 Å². The molecule has 0 radical (unpaired) electrons. The number of ether oxygens (including phenoxy) is 1. The Balaban J connectivity index is 1.51. The first-order chi connectivity index (χ1) is 13.8. The highest BCUT2D eigenvalue weighted by molar-refractivity contribution is 5.97. The SMILES string of the molecule is Cc1ccc2nc(COc3ccccc3C(=O)N3CCC(N)C(C)(C)C3)cn2c1. The highest BCUT2D eigenvalue weighted by Crippen LogP contribution is 2.30. The number of carbonyl (C=O) groups is 1. The van der Waals surface area contributed by atoms with Crippen molar-refractivity contribution in [2.24, 2.45) is 11.1 Å². The van der Waals surface area contributed by atoms with Crippen LogP contribution in [-0.2, 0) is 6.61 Å². The van der Waals surface area contributed by atoms with E-state index < -0.39 is 0 Å². The molecule has 0 bridgehead atoms. The van der Waals surface area contributed by atoms with E-state index in [0.29, 0.717) is 31.0 Å². The lowest BCUT2D eigenvalue weighted by Crippen LogP contribution is -2.54. The van der Waals surface area contributed by atoms with Gasteiger partial charge >= 0.3 is 0 Å². The van der Waals surface area contributed by atoms with E-state index >= 15 is 0 Å². The Morgan fingerprint density at radius 1 is 1.24 bits per heavy atom. The number of fused-ring (bicyclic) bond motifs is 1. The van der Waals surface area contributed by atoms with E-state index in [1.54, 1.807) is 0 Å². The number of nitrogens with two attached hydrogens (primary N) is 1. The number of hydrogen-bond acceptors (Lipinski definition) is 4. The van der Waals surface area contributed by atoms with Crippen molar-refractivity contribution in [3.05, 3.63) is 65.6 Å². The number of hydrogen-bond donors (Lipinski definition) is 1. The fourth-order valence-corrected chi connectivity index (χ4v) is 3.86. The first kappa shape index (κ1) is 19.5. The smallest absolute Gasteiger partial charge is 0.257 e. The van der Waals surface area contributed by atoms with Crippen molar-refractivity contribution in [2.75, 3.05) is 13.1 Å². The second kappa shape index (κ2) is 7.52. The van der Waals surface area contributed by atoms with E-state index in [2.05, 4.69) is 18.8 Å². The molecule has 152 valence electrons. The van der Waals surface area contributed by atoms with Gasteiger partial charge in [0, 0.05) is 31.5 Å². The molecule has 2 aromatic heterocycles. The van der Waals surface area contributed by atoms with Gasteiger partial charge in [-0.3, -0.25) is 4.79 Å². The predicted molar refractivity (Wildman–Crippen MR) is 113 cm³/mol. The van der Waals surface area contributed by atoms with E-state index in [-0.39, 0.29) is 17.4 Å². The number of rotatable bonds is 4. The van der Waals surface area contributed by atoms with Gasteiger partial charge in [0.05, 0.1) is 11.3 Å². The maximum Gasteiger partial charge on any atom is 0.257 e. The van der Waals surface area contributed by atoms with E-state index in [1.807, 2.05) is 65.0 Å². The summed E-state index contributed by atoms with van der Waals surface area (Å²) in [4.78, 5) is 19.7. The molecule has 3 heterocycles. The average Bonchev–Trinajstić information content (AvgIpc) is 3.10. The van der Waals surface area contributed by atoms with E-state index in [4.69, 9.17) is 10.5 Å². The van der Waals surface area contributed by atoms with Crippen LogP contribution in [0.2, 0.25) is 0 Å². The average molecular weight is 393 g/mol. The van der Waals surface area contributed by atoms with Crippen molar-refractivity contribution in [2.45, 2.75) is 39.8 Å². The number of para-hydroxylation sites is 1. The summed E-state index contributed by atoms with van der Waals surface area (Å²) in [5.74, 6) is 0.574. The second-order valence-corrected chi connectivity index (χ2v) is 8.60. The lowest BCUT2D eigenvalue weighted by molar-refractivity contribution is 0.0528. The van der Waals surface area contributed by atoms with Crippen molar-refractivity contribution in [1.29, 1.82) is 0 Å². The lowest BCUT2D eigenvalue weighted by atomic mass is 9.79. The number of aromatic nitrogens is 2. The molecule has 1 atom stereocenters. The molecule has 6 nitrogen and oxygen atoms in total. The largest absolute Gasteiger partial charge is 0.486 e. The molecule has 1 aliphatic heterocycles. The summed E-state index contributed by atoms with van der Waals surface area (Å²) >= 11 is 0. The van der Waals surface area contributed by atoms with Gasteiger partial charge in [0.1, 0.15) is 18.0 Å². The van der Waals surface area contributed by atoms with E-state index in [9.17, 15) is 4.79 Å². The van der Waals surface area contributed by atoms with Crippen LogP contribution in [0.15, 0.2) is 48.8 Å². The molecular weight excluding hydrogens is 364 g/mol. The van der Waals surface area contributed by atoms with Gasteiger partial charge in [-0.2, -0.15) is 0 Å². The highest BCUT2D eigenvalue weighted by Gasteiger charge is 2.36. The molecule has 29 heavy (non-hydrogen) atoms. The van der Waals surface area contributed by atoms with Crippen LogP contribution < -0.4 is 10.5 Å². The van der Waals surface area contributed by atoms with Gasteiger partial charge in [0.2, 0.25) is 0 Å². The monoisotopic (exact) mass is 392 g/mol. The third-order valence-electron chi connectivity index (χ3n) is 5.74. The number of carbonyl (C=O) groups excluding carboxylic acids is 1. The van der Waals surface area contributed by atoms with Gasteiger partial charge < -0.3 is 19.8 Å². The Morgan fingerprint density at radius 2 is 2.03 bits per heavy atom. The second-order valence-electron chi connectivity index (χ2n) is 8.60. The zero-order valence-corrected chi connectivity index (χ0v) is 17.3. The van der Waals surface area contributed by atoms with E-state index in [0.717, 1.165) is 17.8 Å². The van der Waals surface area contributed by atoms with Gasteiger partial charge in [0.25, 0.3) is 5.91 Å². The highest BCUT2D eigenvalue weighted by atomic mass is 16.5. The van der Waals surface area contributed by atoms with Crippen LogP contribution in [0, 0.1) is 12.3 Å². The van der Waals surface area contributed by atoms with Crippen LogP contribution in [0.5, 0.6) is 5.75 Å². The van der Waals surface area contributed by atoms with Crippen molar-refractivity contribution in [1.82, 2.24) is 14.3 Å². The summed E-state index contributed by atoms with van der Waals surface area (Å²) < 4.78 is 8.01. The van der Waals surface area contributed by atoms with Gasteiger partial charge in [-0.05, 0) is 42.5 Å². The molecule has 1 aliphatic rings. The van der Waals surface area contributed by atoms with Crippen molar-refractivity contribution in [3.63, 3.8) is 0 Å². The Kier molecular flexibility index (Phi) is 5.04. The Bertz CT molecular complexity index is 1040. The number of nitrogens with zero attached hydrogens (tertiary/aromatic N) is 3. The number of pyridine rings is 1. The number of piperidine rings is 1. The van der Waals surface area contributed by atoms with Crippen LogP contribution >= 0.6 is 0 Å². The number of imidazole rings is 1. The molecule has 0 spiro atoms. The number of aryl methyl sites for hydroxylation is 1. The third-order valence-corrected chi connectivity index (χ3v) is 5.74. The molecular formula is C23H28N4O2. The van der Waals surface area contributed by atoms with E-state index in [1.165, 1.54) is 5.56 Å². The Labute approximate surface area is 171 Å². The molecule has 4 rings (SSSR count). The van der Waals surface area contributed by atoms with Crippen molar-refractivity contribution in [3.8, 4) is 5.75 Å². The minimum Gasteiger partial charge on any atom is -0.486 e. The van der Waals surface area contributed by atoms with Gasteiger partial charge in [0.15, 0.2) is 0 Å². The molecule has 0 saturated carbocycles. The van der Waals surface area contributed by atoms with Crippen LogP contribution in [0.3, 0.4) is 0 Å². The quantitative estimate of drug-likeness (QED) is 0.738. The molecule has 3 aromatic rings. The molecule has 1 saturated heterocycles. The van der Waals surface area contributed by atoms with Gasteiger partial charge in [-0.25, -0.2) is 4.98 Å². The Hall–Kier alpha value is -2.86. The fraction of sp³-hybridized carbons (Fsp3) is 0.391. The molecule has 0 aliphatic carbocycles. The maximum absolute atomic E-state index is 13.2. The number of likely N-dealkylation sites (tertiary alicyclic amines) is 1. The van der Waals surface area contributed by atoms with Crippen LogP contribution in [0.1, 0.15) is 41.9 Å².